The number of hydrogen-bond acceptors (Lipinski definition) is 3. The first-order chi connectivity index (χ1) is 9.24. The van der Waals surface area contributed by atoms with E-state index in [9.17, 15) is 0 Å². The van der Waals surface area contributed by atoms with Gasteiger partial charge in [-0.05, 0) is 36.9 Å². The molecule has 0 aromatic carbocycles. The van der Waals surface area contributed by atoms with Gasteiger partial charge in [-0.1, -0.05) is 19.3 Å². The molecule has 0 spiro atoms. The maximum Gasteiger partial charge on any atom is 0.159 e. The first-order valence-corrected chi connectivity index (χ1v) is 7.20. The lowest BCUT2D eigenvalue weighted by molar-refractivity contribution is 0.192. The number of aromatic nitrogens is 3. The summed E-state index contributed by atoms with van der Waals surface area (Å²) in [6.45, 7) is 0.767. The number of nitrogens with zero attached hydrogens (tertiary/aromatic N) is 3. The summed E-state index contributed by atoms with van der Waals surface area (Å²) in [6, 6.07) is 3.97. The Bertz CT molecular complexity index is 567. The minimum atomic E-state index is 0.257. The standard InChI is InChI=1S/C15H22N4/c1-19-13(18-12-6-5-9-17-14(12)19)10-15(11-16)7-3-2-4-8-15/h5-6,9H,2-4,7-8,10-11,16H2,1H3. The Hall–Kier alpha value is -1.42. The number of nitrogens with two attached hydrogens (primary N) is 1. The first kappa shape index (κ1) is 12.6. The number of imidazole rings is 1. The molecule has 0 amide bonds. The molecule has 4 heteroatoms. The fourth-order valence-electron chi connectivity index (χ4n) is 3.32. The van der Waals surface area contributed by atoms with Crippen molar-refractivity contribution in [1.82, 2.24) is 14.5 Å². The molecular weight excluding hydrogens is 236 g/mol. The summed E-state index contributed by atoms with van der Waals surface area (Å²) in [5.41, 5.74) is 8.30. The van der Waals surface area contributed by atoms with Crippen molar-refractivity contribution in [3.8, 4) is 0 Å². The van der Waals surface area contributed by atoms with E-state index in [0.717, 1.165) is 30.0 Å². The van der Waals surface area contributed by atoms with E-state index >= 15 is 0 Å². The molecule has 0 atom stereocenters. The molecule has 2 aromatic heterocycles. The summed E-state index contributed by atoms with van der Waals surface area (Å²) in [5.74, 6) is 1.13. The zero-order chi connectivity index (χ0) is 13.3. The van der Waals surface area contributed by atoms with Crippen molar-refractivity contribution in [2.45, 2.75) is 38.5 Å². The molecule has 2 aromatic rings. The minimum absolute atomic E-state index is 0.257. The number of rotatable bonds is 3. The van der Waals surface area contributed by atoms with Crippen molar-refractivity contribution in [3.63, 3.8) is 0 Å². The van der Waals surface area contributed by atoms with Crippen molar-refractivity contribution < 1.29 is 0 Å². The molecule has 2 N–H and O–H groups in total. The molecule has 102 valence electrons. The van der Waals surface area contributed by atoms with Crippen LogP contribution in [0.5, 0.6) is 0 Å². The Morgan fingerprint density at radius 3 is 2.79 bits per heavy atom. The lowest BCUT2D eigenvalue weighted by Crippen LogP contribution is -2.35. The molecule has 19 heavy (non-hydrogen) atoms. The van der Waals surface area contributed by atoms with Gasteiger partial charge in [-0.2, -0.15) is 0 Å². The Kier molecular flexibility index (Phi) is 3.27. The maximum atomic E-state index is 6.08. The highest BCUT2D eigenvalue weighted by molar-refractivity contribution is 5.70. The number of aryl methyl sites for hydroxylation is 1. The van der Waals surface area contributed by atoms with Crippen LogP contribution in [0.2, 0.25) is 0 Å². The lowest BCUT2D eigenvalue weighted by atomic mass is 9.71. The fourth-order valence-corrected chi connectivity index (χ4v) is 3.32. The Morgan fingerprint density at radius 1 is 1.32 bits per heavy atom. The highest BCUT2D eigenvalue weighted by Gasteiger charge is 2.32. The second-order valence-corrected chi connectivity index (χ2v) is 5.87. The van der Waals surface area contributed by atoms with Crippen molar-refractivity contribution >= 4 is 11.2 Å². The normalized spacial score (nSPS) is 18.8. The molecule has 0 bridgehead atoms. The van der Waals surface area contributed by atoms with Crippen LogP contribution < -0.4 is 5.73 Å². The van der Waals surface area contributed by atoms with Gasteiger partial charge < -0.3 is 10.3 Å². The average molecular weight is 258 g/mol. The zero-order valence-electron chi connectivity index (χ0n) is 11.6. The van der Waals surface area contributed by atoms with Gasteiger partial charge in [0.1, 0.15) is 11.3 Å². The summed E-state index contributed by atoms with van der Waals surface area (Å²) < 4.78 is 2.13. The van der Waals surface area contributed by atoms with Crippen LogP contribution in [-0.2, 0) is 13.5 Å². The van der Waals surface area contributed by atoms with Crippen LogP contribution >= 0.6 is 0 Å². The summed E-state index contributed by atoms with van der Waals surface area (Å²) in [7, 11) is 2.06. The topological polar surface area (TPSA) is 56.7 Å². The van der Waals surface area contributed by atoms with E-state index in [1.54, 1.807) is 0 Å². The van der Waals surface area contributed by atoms with E-state index in [1.165, 1.54) is 32.1 Å². The van der Waals surface area contributed by atoms with Crippen molar-refractivity contribution in [2.24, 2.45) is 18.2 Å². The van der Waals surface area contributed by atoms with Crippen LogP contribution in [0.1, 0.15) is 37.9 Å². The lowest BCUT2D eigenvalue weighted by Gasteiger charge is -2.35. The van der Waals surface area contributed by atoms with E-state index in [2.05, 4.69) is 16.6 Å². The third-order valence-electron chi connectivity index (χ3n) is 4.60. The third kappa shape index (κ3) is 2.25. The Balaban J connectivity index is 1.93. The van der Waals surface area contributed by atoms with Gasteiger partial charge in [0.05, 0.1) is 0 Å². The van der Waals surface area contributed by atoms with Crippen LogP contribution in [0, 0.1) is 5.41 Å². The van der Waals surface area contributed by atoms with Gasteiger partial charge in [0.25, 0.3) is 0 Å². The Morgan fingerprint density at radius 2 is 2.11 bits per heavy atom. The van der Waals surface area contributed by atoms with E-state index < -0.39 is 0 Å². The maximum absolute atomic E-state index is 6.08. The number of hydrogen-bond donors (Lipinski definition) is 1. The molecule has 1 aliphatic carbocycles. The largest absolute Gasteiger partial charge is 0.330 e. The molecule has 4 nitrogen and oxygen atoms in total. The Labute approximate surface area is 114 Å². The number of pyridine rings is 1. The van der Waals surface area contributed by atoms with E-state index in [0.29, 0.717) is 0 Å². The minimum Gasteiger partial charge on any atom is -0.330 e. The van der Waals surface area contributed by atoms with Gasteiger partial charge in [0.2, 0.25) is 0 Å². The number of fused-ring (bicyclic) bond motifs is 1. The van der Waals surface area contributed by atoms with E-state index in [1.807, 2.05) is 18.3 Å². The van der Waals surface area contributed by atoms with E-state index in [4.69, 9.17) is 10.7 Å². The van der Waals surface area contributed by atoms with Crippen LogP contribution in [0.15, 0.2) is 18.3 Å². The molecule has 0 saturated heterocycles. The molecular formula is C15H22N4. The van der Waals surface area contributed by atoms with Gasteiger partial charge in [-0.15, -0.1) is 0 Å². The van der Waals surface area contributed by atoms with Crippen molar-refractivity contribution in [1.29, 1.82) is 0 Å². The highest BCUT2D eigenvalue weighted by Crippen LogP contribution is 2.38. The van der Waals surface area contributed by atoms with Crippen LogP contribution in [0.4, 0.5) is 0 Å². The highest BCUT2D eigenvalue weighted by atomic mass is 15.1. The SMILES string of the molecule is Cn1c(CC2(CN)CCCCC2)nc2cccnc21. The van der Waals surface area contributed by atoms with Crippen LogP contribution in [0.25, 0.3) is 11.2 Å². The van der Waals surface area contributed by atoms with Crippen LogP contribution in [0.3, 0.4) is 0 Å². The molecule has 0 radical (unpaired) electrons. The quantitative estimate of drug-likeness (QED) is 0.920. The second-order valence-electron chi connectivity index (χ2n) is 5.87. The zero-order valence-corrected chi connectivity index (χ0v) is 11.6. The van der Waals surface area contributed by atoms with Crippen molar-refractivity contribution in [2.75, 3.05) is 6.54 Å². The summed E-state index contributed by atoms with van der Waals surface area (Å²) in [5, 5.41) is 0. The van der Waals surface area contributed by atoms with Crippen LogP contribution in [-0.4, -0.2) is 21.1 Å². The molecule has 2 heterocycles. The average Bonchev–Trinajstić information content (AvgIpc) is 2.77. The van der Waals surface area contributed by atoms with Gasteiger partial charge in [0.15, 0.2) is 5.65 Å². The van der Waals surface area contributed by atoms with Gasteiger partial charge in [-0.3, -0.25) is 0 Å². The fraction of sp³-hybridized carbons (Fsp3) is 0.600. The molecule has 0 aliphatic heterocycles. The summed E-state index contributed by atoms with van der Waals surface area (Å²) in [6.07, 6.45) is 9.24. The summed E-state index contributed by atoms with van der Waals surface area (Å²) >= 11 is 0. The predicted molar refractivity (Wildman–Crippen MR) is 76.8 cm³/mol. The predicted octanol–water partition coefficient (Wildman–Crippen LogP) is 2.42. The molecule has 1 fully saturated rings. The second kappa shape index (κ2) is 4.93. The van der Waals surface area contributed by atoms with Gasteiger partial charge >= 0.3 is 0 Å². The molecule has 0 unspecified atom stereocenters. The summed E-state index contributed by atoms with van der Waals surface area (Å²) in [4.78, 5) is 9.16. The van der Waals surface area contributed by atoms with Crippen molar-refractivity contribution in [3.05, 3.63) is 24.2 Å². The molecule has 3 rings (SSSR count). The molecule has 1 aliphatic rings. The third-order valence-corrected chi connectivity index (χ3v) is 4.60. The van der Waals surface area contributed by atoms with Gasteiger partial charge in [-0.25, -0.2) is 9.97 Å². The smallest absolute Gasteiger partial charge is 0.159 e. The molecule has 1 saturated carbocycles. The van der Waals surface area contributed by atoms with E-state index in [-0.39, 0.29) is 5.41 Å². The van der Waals surface area contributed by atoms with Gasteiger partial charge in [0, 0.05) is 19.7 Å². The first-order valence-electron chi connectivity index (χ1n) is 7.20. The monoisotopic (exact) mass is 258 g/mol.